The summed E-state index contributed by atoms with van der Waals surface area (Å²) in [6.07, 6.45) is -0.619. The van der Waals surface area contributed by atoms with Crippen molar-refractivity contribution in [3.05, 3.63) is 70.2 Å². The molecule has 0 saturated carbocycles. The lowest BCUT2D eigenvalue weighted by Crippen LogP contribution is -2.10. The summed E-state index contributed by atoms with van der Waals surface area (Å²) in [5.41, 5.74) is 2.87. The SMILES string of the molecule is CNCc1ccccc1[C@H](O)c1ccc(Cl)cc1. The van der Waals surface area contributed by atoms with Crippen LogP contribution in [0.5, 0.6) is 0 Å². The van der Waals surface area contributed by atoms with E-state index in [9.17, 15) is 5.11 Å². The van der Waals surface area contributed by atoms with E-state index >= 15 is 0 Å². The van der Waals surface area contributed by atoms with Gasteiger partial charge in [0.2, 0.25) is 0 Å². The second-order valence-corrected chi connectivity index (χ2v) is 4.62. The maximum Gasteiger partial charge on any atom is 0.104 e. The van der Waals surface area contributed by atoms with Crippen LogP contribution in [0.25, 0.3) is 0 Å². The van der Waals surface area contributed by atoms with Crippen molar-refractivity contribution in [1.82, 2.24) is 5.32 Å². The molecule has 2 aromatic rings. The van der Waals surface area contributed by atoms with Crippen LogP contribution in [0.4, 0.5) is 0 Å². The van der Waals surface area contributed by atoms with Gasteiger partial charge in [-0.05, 0) is 35.9 Å². The molecule has 94 valence electrons. The number of rotatable bonds is 4. The highest BCUT2D eigenvalue weighted by Gasteiger charge is 2.13. The standard InChI is InChI=1S/C15H16ClNO/c1-17-10-12-4-2-3-5-14(12)15(18)11-6-8-13(16)9-7-11/h2-9,15,17-18H,10H2,1H3/t15-/m1/s1. The van der Waals surface area contributed by atoms with Gasteiger partial charge < -0.3 is 10.4 Å². The molecular weight excluding hydrogens is 246 g/mol. The number of aliphatic hydroxyl groups excluding tert-OH is 1. The highest BCUT2D eigenvalue weighted by molar-refractivity contribution is 6.30. The Bertz CT molecular complexity index is 510. The fourth-order valence-electron chi connectivity index (χ4n) is 1.98. The lowest BCUT2D eigenvalue weighted by molar-refractivity contribution is 0.219. The smallest absolute Gasteiger partial charge is 0.104 e. The monoisotopic (exact) mass is 261 g/mol. The minimum absolute atomic E-state index is 0.619. The molecule has 2 aromatic carbocycles. The normalized spacial score (nSPS) is 12.4. The molecule has 0 radical (unpaired) electrons. The van der Waals surface area contributed by atoms with Gasteiger partial charge in [-0.3, -0.25) is 0 Å². The summed E-state index contributed by atoms with van der Waals surface area (Å²) in [5.74, 6) is 0. The molecule has 0 spiro atoms. The molecule has 2 nitrogen and oxygen atoms in total. The van der Waals surface area contributed by atoms with Crippen molar-refractivity contribution in [1.29, 1.82) is 0 Å². The molecule has 0 aliphatic heterocycles. The predicted molar refractivity (Wildman–Crippen MR) is 74.7 cm³/mol. The molecule has 0 aromatic heterocycles. The summed E-state index contributed by atoms with van der Waals surface area (Å²) < 4.78 is 0. The summed E-state index contributed by atoms with van der Waals surface area (Å²) in [4.78, 5) is 0. The average Bonchev–Trinajstić information content (AvgIpc) is 2.40. The highest BCUT2D eigenvalue weighted by Crippen LogP contribution is 2.25. The predicted octanol–water partition coefficient (Wildman–Crippen LogP) is 3.14. The first-order chi connectivity index (χ1) is 8.72. The molecule has 3 heteroatoms. The molecule has 2 rings (SSSR count). The quantitative estimate of drug-likeness (QED) is 0.886. The van der Waals surface area contributed by atoms with E-state index in [1.54, 1.807) is 12.1 Å². The van der Waals surface area contributed by atoms with Crippen molar-refractivity contribution < 1.29 is 5.11 Å². The van der Waals surface area contributed by atoms with Crippen molar-refractivity contribution in [2.75, 3.05) is 7.05 Å². The minimum atomic E-state index is -0.619. The highest BCUT2D eigenvalue weighted by atomic mass is 35.5. The number of hydrogen-bond donors (Lipinski definition) is 2. The van der Waals surface area contributed by atoms with Crippen molar-refractivity contribution >= 4 is 11.6 Å². The van der Waals surface area contributed by atoms with Crippen LogP contribution in [-0.4, -0.2) is 12.2 Å². The van der Waals surface area contributed by atoms with E-state index in [1.807, 2.05) is 43.4 Å². The Hall–Kier alpha value is -1.35. The Morgan fingerprint density at radius 2 is 1.78 bits per heavy atom. The first-order valence-electron chi connectivity index (χ1n) is 5.88. The number of benzene rings is 2. The summed E-state index contributed by atoms with van der Waals surface area (Å²) in [7, 11) is 1.89. The van der Waals surface area contributed by atoms with E-state index in [4.69, 9.17) is 11.6 Å². The Morgan fingerprint density at radius 3 is 2.44 bits per heavy atom. The lowest BCUT2D eigenvalue weighted by atomic mass is 9.97. The van der Waals surface area contributed by atoms with Crippen LogP contribution in [0.1, 0.15) is 22.8 Å². The number of aliphatic hydroxyl groups is 1. The Kier molecular flexibility index (Phi) is 4.37. The first kappa shape index (κ1) is 13.1. The molecule has 0 amide bonds. The maximum atomic E-state index is 10.4. The molecule has 18 heavy (non-hydrogen) atoms. The van der Waals surface area contributed by atoms with Crippen LogP contribution >= 0.6 is 11.6 Å². The number of hydrogen-bond acceptors (Lipinski definition) is 2. The Morgan fingerprint density at radius 1 is 1.11 bits per heavy atom. The zero-order valence-corrected chi connectivity index (χ0v) is 11.0. The van der Waals surface area contributed by atoms with Crippen molar-refractivity contribution in [3.8, 4) is 0 Å². The van der Waals surface area contributed by atoms with Gasteiger partial charge in [-0.2, -0.15) is 0 Å². The van der Waals surface area contributed by atoms with Crippen LogP contribution in [0, 0.1) is 0 Å². The first-order valence-corrected chi connectivity index (χ1v) is 6.26. The fraction of sp³-hybridized carbons (Fsp3) is 0.200. The molecular formula is C15H16ClNO. The fourth-order valence-corrected chi connectivity index (χ4v) is 2.10. The van der Waals surface area contributed by atoms with Gasteiger partial charge >= 0.3 is 0 Å². The van der Waals surface area contributed by atoms with Crippen LogP contribution in [0.3, 0.4) is 0 Å². The van der Waals surface area contributed by atoms with Gasteiger partial charge in [0.15, 0.2) is 0 Å². The van der Waals surface area contributed by atoms with E-state index in [0.717, 1.165) is 23.2 Å². The Labute approximate surface area is 112 Å². The zero-order valence-electron chi connectivity index (χ0n) is 10.2. The van der Waals surface area contributed by atoms with Gasteiger partial charge in [0.05, 0.1) is 0 Å². The minimum Gasteiger partial charge on any atom is -0.384 e. The van der Waals surface area contributed by atoms with Crippen molar-refractivity contribution in [3.63, 3.8) is 0 Å². The molecule has 0 fully saturated rings. The third-order valence-corrected chi connectivity index (χ3v) is 3.15. The summed E-state index contributed by atoms with van der Waals surface area (Å²) in [6.45, 7) is 0.737. The van der Waals surface area contributed by atoms with E-state index in [1.165, 1.54) is 0 Å². The van der Waals surface area contributed by atoms with E-state index < -0.39 is 6.10 Å². The average molecular weight is 262 g/mol. The molecule has 0 aliphatic carbocycles. The third-order valence-electron chi connectivity index (χ3n) is 2.90. The van der Waals surface area contributed by atoms with E-state index in [0.29, 0.717) is 5.02 Å². The second-order valence-electron chi connectivity index (χ2n) is 4.18. The molecule has 0 unspecified atom stereocenters. The lowest BCUT2D eigenvalue weighted by Gasteiger charge is -2.16. The molecule has 0 aliphatic rings. The third kappa shape index (κ3) is 2.91. The van der Waals surface area contributed by atoms with E-state index in [2.05, 4.69) is 5.32 Å². The largest absolute Gasteiger partial charge is 0.384 e. The molecule has 1 atom stereocenters. The van der Waals surface area contributed by atoms with Gasteiger partial charge in [-0.1, -0.05) is 48.0 Å². The van der Waals surface area contributed by atoms with Crippen molar-refractivity contribution in [2.24, 2.45) is 0 Å². The van der Waals surface area contributed by atoms with Gasteiger partial charge in [-0.25, -0.2) is 0 Å². The van der Waals surface area contributed by atoms with Crippen LogP contribution < -0.4 is 5.32 Å². The number of halogens is 1. The summed E-state index contributed by atoms with van der Waals surface area (Å²) in [5, 5.41) is 14.2. The van der Waals surface area contributed by atoms with Crippen LogP contribution in [0.2, 0.25) is 5.02 Å². The molecule has 0 heterocycles. The molecule has 2 N–H and O–H groups in total. The topological polar surface area (TPSA) is 32.3 Å². The maximum absolute atomic E-state index is 10.4. The summed E-state index contributed by atoms with van der Waals surface area (Å²) in [6, 6.07) is 15.2. The van der Waals surface area contributed by atoms with Gasteiger partial charge in [-0.15, -0.1) is 0 Å². The zero-order chi connectivity index (χ0) is 13.0. The van der Waals surface area contributed by atoms with Gasteiger partial charge in [0, 0.05) is 11.6 Å². The van der Waals surface area contributed by atoms with Crippen molar-refractivity contribution in [2.45, 2.75) is 12.6 Å². The Balaban J connectivity index is 2.33. The van der Waals surface area contributed by atoms with E-state index in [-0.39, 0.29) is 0 Å². The summed E-state index contributed by atoms with van der Waals surface area (Å²) >= 11 is 5.85. The molecule has 0 saturated heterocycles. The molecule has 0 bridgehead atoms. The van der Waals surface area contributed by atoms with Crippen LogP contribution in [-0.2, 0) is 6.54 Å². The second kappa shape index (κ2) is 6.01. The van der Waals surface area contributed by atoms with Crippen LogP contribution in [0.15, 0.2) is 48.5 Å². The van der Waals surface area contributed by atoms with Gasteiger partial charge in [0.25, 0.3) is 0 Å². The number of nitrogens with one attached hydrogen (secondary N) is 1. The van der Waals surface area contributed by atoms with Gasteiger partial charge in [0.1, 0.15) is 6.10 Å².